The van der Waals surface area contributed by atoms with E-state index in [1.165, 1.54) is 0 Å². The summed E-state index contributed by atoms with van der Waals surface area (Å²) in [6.45, 7) is -0.0343. The highest BCUT2D eigenvalue weighted by Gasteiger charge is 2.00. The minimum Gasteiger partial charge on any atom is -0.390 e. The van der Waals surface area contributed by atoms with Crippen LogP contribution in [0.4, 0.5) is 0 Å². The summed E-state index contributed by atoms with van der Waals surface area (Å²) in [6, 6.07) is 3.52. The summed E-state index contributed by atoms with van der Waals surface area (Å²) in [4.78, 5) is 3.94. The van der Waals surface area contributed by atoms with Crippen LogP contribution in [-0.4, -0.2) is 14.5 Å². The molecule has 0 atom stereocenters. The van der Waals surface area contributed by atoms with E-state index in [-0.39, 0.29) is 6.61 Å². The molecule has 2 aromatic rings. The molecule has 0 unspecified atom stereocenters. The van der Waals surface area contributed by atoms with Crippen LogP contribution in [-0.2, 0) is 6.61 Å². The average molecular weight is 183 g/mol. The van der Waals surface area contributed by atoms with Crippen LogP contribution in [0.3, 0.4) is 0 Å². The van der Waals surface area contributed by atoms with Crippen molar-refractivity contribution < 1.29 is 5.11 Å². The summed E-state index contributed by atoms with van der Waals surface area (Å²) in [5.74, 6) is 0. The molecule has 0 spiro atoms. The zero-order valence-electron chi connectivity index (χ0n) is 6.24. The van der Waals surface area contributed by atoms with Gasteiger partial charge in [0.2, 0.25) is 0 Å². The summed E-state index contributed by atoms with van der Waals surface area (Å²) in [6.07, 6.45) is 3.35. The second-order valence-electron chi connectivity index (χ2n) is 2.51. The van der Waals surface area contributed by atoms with Crippen molar-refractivity contribution in [1.29, 1.82) is 0 Å². The molecule has 0 fully saturated rings. The Morgan fingerprint density at radius 1 is 1.50 bits per heavy atom. The minimum atomic E-state index is -0.0343. The van der Waals surface area contributed by atoms with Crippen molar-refractivity contribution in [3.8, 4) is 0 Å². The maximum Gasteiger partial charge on any atom is 0.0995 e. The molecule has 3 nitrogen and oxygen atoms in total. The van der Waals surface area contributed by atoms with E-state index in [0.717, 1.165) is 11.2 Å². The monoisotopic (exact) mass is 182 g/mol. The smallest absolute Gasteiger partial charge is 0.0995 e. The van der Waals surface area contributed by atoms with E-state index in [1.54, 1.807) is 29.1 Å². The molecule has 2 heterocycles. The first-order valence-electron chi connectivity index (χ1n) is 3.52. The first-order valence-corrected chi connectivity index (χ1v) is 3.90. The molecule has 0 aliphatic heterocycles. The number of aliphatic hydroxyl groups excluding tert-OH is 1. The number of nitrogens with zero attached hydrogens (tertiary/aromatic N) is 2. The zero-order valence-corrected chi connectivity index (χ0v) is 6.99. The Morgan fingerprint density at radius 3 is 3.08 bits per heavy atom. The van der Waals surface area contributed by atoms with Crippen molar-refractivity contribution in [3.63, 3.8) is 0 Å². The normalized spacial score (nSPS) is 10.8. The topological polar surface area (TPSA) is 37.5 Å². The van der Waals surface area contributed by atoms with E-state index >= 15 is 0 Å². The second kappa shape index (κ2) is 2.77. The summed E-state index contributed by atoms with van der Waals surface area (Å²) >= 11 is 5.81. The molecule has 0 radical (unpaired) electrons. The van der Waals surface area contributed by atoms with Gasteiger partial charge in [0.1, 0.15) is 0 Å². The van der Waals surface area contributed by atoms with Crippen LogP contribution in [0.1, 0.15) is 5.69 Å². The minimum absolute atomic E-state index is 0.0343. The number of pyridine rings is 1. The van der Waals surface area contributed by atoms with Crippen molar-refractivity contribution in [3.05, 3.63) is 35.4 Å². The van der Waals surface area contributed by atoms with Gasteiger partial charge >= 0.3 is 0 Å². The number of hydrogen-bond donors (Lipinski definition) is 1. The molecule has 0 aliphatic carbocycles. The van der Waals surface area contributed by atoms with Gasteiger partial charge in [0.25, 0.3) is 0 Å². The van der Waals surface area contributed by atoms with Crippen LogP contribution < -0.4 is 0 Å². The van der Waals surface area contributed by atoms with E-state index in [0.29, 0.717) is 5.02 Å². The van der Waals surface area contributed by atoms with Crippen LogP contribution in [0.2, 0.25) is 5.02 Å². The number of aliphatic hydroxyl groups is 1. The van der Waals surface area contributed by atoms with Crippen molar-refractivity contribution in [1.82, 2.24) is 9.38 Å². The Morgan fingerprint density at radius 2 is 2.33 bits per heavy atom. The van der Waals surface area contributed by atoms with Gasteiger partial charge < -0.3 is 9.51 Å². The molecule has 4 heteroatoms. The molecule has 2 rings (SSSR count). The van der Waals surface area contributed by atoms with Crippen LogP contribution in [0.25, 0.3) is 5.52 Å². The molecule has 12 heavy (non-hydrogen) atoms. The third-order valence-corrected chi connectivity index (χ3v) is 1.95. The molecule has 0 aliphatic rings. The summed E-state index contributed by atoms with van der Waals surface area (Å²) in [7, 11) is 0. The predicted molar refractivity (Wildman–Crippen MR) is 46.1 cm³/mol. The molecule has 2 aromatic heterocycles. The van der Waals surface area contributed by atoms with Crippen LogP contribution in [0.5, 0.6) is 0 Å². The average Bonchev–Trinajstić information content (AvgIpc) is 2.50. The number of hydrogen-bond acceptors (Lipinski definition) is 2. The first-order chi connectivity index (χ1) is 5.81. The molecular formula is C8H7ClN2O. The lowest BCUT2D eigenvalue weighted by Crippen LogP contribution is -1.94. The van der Waals surface area contributed by atoms with Crippen LogP contribution in [0, 0.1) is 0 Å². The molecule has 62 valence electrons. The Hall–Kier alpha value is -1.06. The summed E-state index contributed by atoms with van der Waals surface area (Å²) in [5.41, 5.74) is 1.64. The van der Waals surface area contributed by atoms with Gasteiger partial charge in [-0.05, 0) is 12.1 Å². The van der Waals surface area contributed by atoms with Gasteiger partial charge in [-0.25, -0.2) is 4.98 Å². The first kappa shape index (κ1) is 7.58. The van der Waals surface area contributed by atoms with E-state index in [2.05, 4.69) is 4.98 Å². The van der Waals surface area contributed by atoms with E-state index in [1.807, 2.05) is 0 Å². The lowest BCUT2D eigenvalue weighted by molar-refractivity contribution is 0.275. The van der Waals surface area contributed by atoms with E-state index in [4.69, 9.17) is 16.7 Å². The third kappa shape index (κ3) is 1.07. The van der Waals surface area contributed by atoms with Gasteiger partial charge in [-0.1, -0.05) is 11.6 Å². The van der Waals surface area contributed by atoms with Gasteiger partial charge in [-0.2, -0.15) is 0 Å². The number of fused-ring (bicyclic) bond motifs is 1. The molecule has 0 saturated heterocycles. The molecule has 0 bridgehead atoms. The van der Waals surface area contributed by atoms with Gasteiger partial charge in [-0.3, -0.25) is 0 Å². The summed E-state index contributed by atoms with van der Waals surface area (Å²) in [5, 5.41) is 9.59. The second-order valence-corrected chi connectivity index (χ2v) is 2.95. The molecule has 0 saturated carbocycles. The molecule has 1 N–H and O–H groups in total. The van der Waals surface area contributed by atoms with Crippen molar-refractivity contribution in [2.45, 2.75) is 6.61 Å². The molecule has 0 amide bonds. The standard InChI is InChI=1S/C8H7ClN2O/c9-6-1-7-3-10-5-11(7)8(2-6)4-12/h1-3,5,12H,4H2. The van der Waals surface area contributed by atoms with Crippen molar-refractivity contribution >= 4 is 17.1 Å². The Kier molecular flexibility index (Phi) is 1.75. The van der Waals surface area contributed by atoms with Gasteiger partial charge in [-0.15, -0.1) is 0 Å². The van der Waals surface area contributed by atoms with Crippen molar-refractivity contribution in [2.24, 2.45) is 0 Å². The fourth-order valence-corrected chi connectivity index (χ4v) is 1.42. The highest BCUT2D eigenvalue weighted by molar-refractivity contribution is 6.30. The fraction of sp³-hybridized carbons (Fsp3) is 0.125. The quantitative estimate of drug-likeness (QED) is 0.726. The van der Waals surface area contributed by atoms with Crippen molar-refractivity contribution in [2.75, 3.05) is 0 Å². The van der Waals surface area contributed by atoms with Crippen LogP contribution >= 0.6 is 11.6 Å². The highest BCUT2D eigenvalue weighted by Crippen LogP contribution is 2.15. The Balaban J connectivity index is 2.80. The Bertz CT molecular complexity index is 410. The fourth-order valence-electron chi connectivity index (χ4n) is 1.19. The third-order valence-electron chi connectivity index (χ3n) is 1.73. The van der Waals surface area contributed by atoms with Gasteiger partial charge in [0, 0.05) is 5.02 Å². The largest absolute Gasteiger partial charge is 0.390 e. The SMILES string of the molecule is OCc1cc(Cl)cc2cncn12. The van der Waals surface area contributed by atoms with E-state index in [9.17, 15) is 0 Å². The maximum atomic E-state index is 8.97. The number of rotatable bonds is 1. The lowest BCUT2D eigenvalue weighted by atomic mass is 10.3. The lowest BCUT2D eigenvalue weighted by Gasteiger charge is -2.01. The maximum absolute atomic E-state index is 8.97. The Labute approximate surface area is 74.2 Å². The number of aromatic nitrogens is 2. The molecule has 0 aromatic carbocycles. The zero-order chi connectivity index (χ0) is 8.55. The van der Waals surface area contributed by atoms with Gasteiger partial charge in [0.05, 0.1) is 30.3 Å². The summed E-state index contributed by atoms with van der Waals surface area (Å²) < 4.78 is 1.80. The number of halogens is 1. The molecular weight excluding hydrogens is 176 g/mol. The predicted octanol–water partition coefficient (Wildman–Crippen LogP) is 1.48. The van der Waals surface area contributed by atoms with Crippen LogP contribution in [0.15, 0.2) is 24.7 Å². The van der Waals surface area contributed by atoms with Gasteiger partial charge in [0.15, 0.2) is 0 Å². The van der Waals surface area contributed by atoms with E-state index < -0.39 is 0 Å². The number of imidazole rings is 1. The highest BCUT2D eigenvalue weighted by atomic mass is 35.5.